The van der Waals surface area contributed by atoms with Gasteiger partial charge in [0.2, 0.25) is 5.91 Å². The Labute approximate surface area is 131 Å². The van der Waals surface area contributed by atoms with Crippen LogP contribution in [-0.4, -0.2) is 41.0 Å². The summed E-state index contributed by atoms with van der Waals surface area (Å²) in [5.74, 6) is 0.0192. The first kappa shape index (κ1) is 16.5. The molecule has 0 aliphatic carbocycles. The average molecular weight is 304 g/mol. The molecule has 1 saturated heterocycles. The van der Waals surface area contributed by atoms with Crippen molar-refractivity contribution in [1.82, 2.24) is 10.2 Å². The number of carbonyl (C=O) groups excluding carboxylic acids is 2. The predicted molar refractivity (Wildman–Crippen MR) is 84.3 cm³/mol. The lowest BCUT2D eigenvalue weighted by Gasteiger charge is -2.15. The van der Waals surface area contributed by atoms with Crippen LogP contribution in [0.3, 0.4) is 0 Å². The number of nitrogens with zero attached hydrogens (tertiary/aromatic N) is 1. The van der Waals surface area contributed by atoms with Crippen molar-refractivity contribution in [2.75, 3.05) is 13.1 Å². The van der Waals surface area contributed by atoms with Crippen LogP contribution < -0.4 is 5.32 Å². The predicted octanol–water partition coefficient (Wildman–Crippen LogP) is 1.70. The van der Waals surface area contributed by atoms with E-state index in [0.717, 1.165) is 24.9 Å². The minimum Gasteiger partial charge on any atom is -0.391 e. The molecule has 1 atom stereocenters. The van der Waals surface area contributed by atoms with Gasteiger partial charge in [0.1, 0.15) is 0 Å². The number of hydrogen-bond acceptors (Lipinski definition) is 3. The van der Waals surface area contributed by atoms with Gasteiger partial charge in [-0.2, -0.15) is 0 Å². The van der Waals surface area contributed by atoms with E-state index in [1.54, 1.807) is 12.1 Å². The Morgan fingerprint density at radius 1 is 1.36 bits per heavy atom. The van der Waals surface area contributed by atoms with E-state index in [-0.39, 0.29) is 18.4 Å². The zero-order valence-electron chi connectivity index (χ0n) is 13.0. The van der Waals surface area contributed by atoms with Gasteiger partial charge in [0.15, 0.2) is 0 Å². The van der Waals surface area contributed by atoms with Crippen LogP contribution in [0.15, 0.2) is 24.3 Å². The minimum absolute atomic E-state index is 0.182. The molecule has 1 aliphatic heterocycles. The Kier molecular flexibility index (Phi) is 5.95. The molecule has 120 valence electrons. The molecule has 1 aromatic carbocycles. The first-order chi connectivity index (χ1) is 10.6. The average Bonchev–Trinajstić information content (AvgIpc) is 2.91. The third kappa shape index (κ3) is 4.56. The number of aliphatic hydroxyl groups is 1. The van der Waals surface area contributed by atoms with E-state index in [0.29, 0.717) is 24.9 Å². The molecule has 1 unspecified atom stereocenters. The second-order valence-corrected chi connectivity index (χ2v) is 5.77. The number of nitrogens with one attached hydrogen (secondary N) is 1. The SMILES string of the molecule is CCCC(O)CNC(=O)c1ccc(CN2CCCC2=O)cc1. The standard InChI is InChI=1S/C17H24N2O3/c1-2-4-15(20)11-18-17(22)14-8-6-13(7-9-14)12-19-10-3-5-16(19)21/h6-9,15,20H,2-5,10-12H2,1H3,(H,18,22). The Bertz CT molecular complexity index is 513. The lowest BCUT2D eigenvalue weighted by atomic mass is 10.1. The molecule has 1 heterocycles. The number of amides is 2. The Balaban J connectivity index is 1.85. The van der Waals surface area contributed by atoms with Gasteiger partial charge < -0.3 is 15.3 Å². The van der Waals surface area contributed by atoms with Gasteiger partial charge in [-0.25, -0.2) is 0 Å². The summed E-state index contributed by atoms with van der Waals surface area (Å²) >= 11 is 0. The van der Waals surface area contributed by atoms with E-state index >= 15 is 0 Å². The van der Waals surface area contributed by atoms with Gasteiger partial charge in [0, 0.05) is 31.6 Å². The van der Waals surface area contributed by atoms with E-state index in [1.165, 1.54) is 0 Å². The highest BCUT2D eigenvalue weighted by Gasteiger charge is 2.20. The molecule has 0 radical (unpaired) electrons. The molecule has 22 heavy (non-hydrogen) atoms. The van der Waals surface area contributed by atoms with E-state index in [2.05, 4.69) is 5.32 Å². The maximum atomic E-state index is 12.0. The molecule has 1 fully saturated rings. The molecule has 1 aromatic rings. The number of benzene rings is 1. The van der Waals surface area contributed by atoms with Crippen LogP contribution in [-0.2, 0) is 11.3 Å². The van der Waals surface area contributed by atoms with Crippen LogP contribution in [0.25, 0.3) is 0 Å². The summed E-state index contributed by atoms with van der Waals surface area (Å²) in [6.45, 7) is 3.69. The molecule has 0 saturated carbocycles. The summed E-state index contributed by atoms with van der Waals surface area (Å²) in [5.41, 5.74) is 1.60. The van der Waals surface area contributed by atoms with Gasteiger partial charge >= 0.3 is 0 Å². The molecule has 2 N–H and O–H groups in total. The molecular formula is C17H24N2O3. The van der Waals surface area contributed by atoms with Gasteiger partial charge in [0.05, 0.1) is 6.10 Å². The Morgan fingerprint density at radius 3 is 2.68 bits per heavy atom. The van der Waals surface area contributed by atoms with Crippen LogP contribution >= 0.6 is 0 Å². The monoisotopic (exact) mass is 304 g/mol. The second kappa shape index (κ2) is 7.94. The third-order valence-electron chi connectivity index (χ3n) is 3.88. The topological polar surface area (TPSA) is 69.6 Å². The van der Waals surface area contributed by atoms with Crippen LogP contribution in [0.5, 0.6) is 0 Å². The number of aliphatic hydroxyl groups excluding tert-OH is 1. The van der Waals surface area contributed by atoms with E-state index in [4.69, 9.17) is 0 Å². The number of rotatable bonds is 7. The van der Waals surface area contributed by atoms with Gasteiger partial charge in [-0.1, -0.05) is 25.5 Å². The third-order valence-corrected chi connectivity index (χ3v) is 3.88. The summed E-state index contributed by atoms with van der Waals surface area (Å²) in [4.78, 5) is 25.4. The second-order valence-electron chi connectivity index (χ2n) is 5.77. The molecule has 0 spiro atoms. The van der Waals surface area contributed by atoms with Crippen LogP contribution in [0.1, 0.15) is 48.5 Å². The highest BCUT2D eigenvalue weighted by Crippen LogP contribution is 2.14. The molecule has 5 nitrogen and oxygen atoms in total. The van der Waals surface area contributed by atoms with Crippen molar-refractivity contribution in [3.8, 4) is 0 Å². The first-order valence-corrected chi connectivity index (χ1v) is 7.93. The van der Waals surface area contributed by atoms with Crippen molar-refractivity contribution >= 4 is 11.8 Å². The zero-order chi connectivity index (χ0) is 15.9. The molecular weight excluding hydrogens is 280 g/mol. The molecule has 2 rings (SSSR count). The highest BCUT2D eigenvalue weighted by atomic mass is 16.3. The van der Waals surface area contributed by atoms with Crippen molar-refractivity contribution in [3.63, 3.8) is 0 Å². The van der Waals surface area contributed by atoms with Crippen molar-refractivity contribution in [2.24, 2.45) is 0 Å². The summed E-state index contributed by atoms with van der Waals surface area (Å²) < 4.78 is 0. The fraction of sp³-hybridized carbons (Fsp3) is 0.529. The van der Waals surface area contributed by atoms with Gasteiger partial charge in [-0.3, -0.25) is 9.59 Å². The highest BCUT2D eigenvalue weighted by molar-refractivity contribution is 5.94. The summed E-state index contributed by atoms with van der Waals surface area (Å²) in [7, 11) is 0. The minimum atomic E-state index is -0.491. The summed E-state index contributed by atoms with van der Waals surface area (Å²) in [6, 6.07) is 7.28. The van der Waals surface area contributed by atoms with Crippen molar-refractivity contribution in [3.05, 3.63) is 35.4 Å². The van der Waals surface area contributed by atoms with Crippen LogP contribution in [0.2, 0.25) is 0 Å². The van der Waals surface area contributed by atoms with Crippen LogP contribution in [0, 0.1) is 0 Å². The van der Waals surface area contributed by atoms with Crippen molar-refractivity contribution < 1.29 is 14.7 Å². The maximum absolute atomic E-state index is 12.0. The van der Waals surface area contributed by atoms with Gasteiger partial charge in [-0.05, 0) is 30.5 Å². The largest absolute Gasteiger partial charge is 0.391 e. The molecule has 2 amide bonds. The number of likely N-dealkylation sites (tertiary alicyclic amines) is 1. The molecule has 1 aliphatic rings. The number of carbonyl (C=O) groups is 2. The van der Waals surface area contributed by atoms with Gasteiger partial charge in [-0.15, -0.1) is 0 Å². The molecule has 0 aromatic heterocycles. The Hall–Kier alpha value is -1.88. The summed E-state index contributed by atoms with van der Waals surface area (Å²) in [5, 5.41) is 12.4. The summed E-state index contributed by atoms with van der Waals surface area (Å²) in [6.07, 6.45) is 2.65. The molecule has 0 bridgehead atoms. The number of hydrogen-bond donors (Lipinski definition) is 2. The first-order valence-electron chi connectivity index (χ1n) is 7.93. The van der Waals surface area contributed by atoms with Gasteiger partial charge in [0.25, 0.3) is 5.91 Å². The zero-order valence-corrected chi connectivity index (χ0v) is 13.0. The maximum Gasteiger partial charge on any atom is 0.251 e. The van der Waals surface area contributed by atoms with E-state index in [9.17, 15) is 14.7 Å². The van der Waals surface area contributed by atoms with Crippen molar-refractivity contribution in [2.45, 2.75) is 45.3 Å². The lowest BCUT2D eigenvalue weighted by molar-refractivity contribution is -0.128. The fourth-order valence-electron chi connectivity index (χ4n) is 2.60. The quantitative estimate of drug-likeness (QED) is 0.805. The molecule has 5 heteroatoms. The normalized spacial score (nSPS) is 15.9. The Morgan fingerprint density at radius 2 is 2.09 bits per heavy atom. The van der Waals surface area contributed by atoms with E-state index < -0.39 is 6.10 Å². The fourth-order valence-corrected chi connectivity index (χ4v) is 2.60. The lowest BCUT2D eigenvalue weighted by Crippen LogP contribution is -2.32. The van der Waals surface area contributed by atoms with Crippen LogP contribution in [0.4, 0.5) is 0 Å². The smallest absolute Gasteiger partial charge is 0.251 e. The van der Waals surface area contributed by atoms with Crippen molar-refractivity contribution in [1.29, 1.82) is 0 Å². The van der Waals surface area contributed by atoms with E-state index in [1.807, 2.05) is 24.0 Å².